The van der Waals surface area contributed by atoms with E-state index in [0.717, 1.165) is 31.2 Å². The first-order chi connectivity index (χ1) is 13.8. The Balaban J connectivity index is 4.56. The number of aliphatic hydroxyl groups excluding tert-OH is 1. The van der Waals surface area contributed by atoms with Gasteiger partial charge in [-0.25, -0.2) is 0 Å². The summed E-state index contributed by atoms with van der Waals surface area (Å²) in [4.78, 5) is 10.4. The van der Waals surface area contributed by atoms with Gasteiger partial charge in [0.25, 0.3) is 0 Å². The molecule has 7 heteroatoms. The summed E-state index contributed by atoms with van der Waals surface area (Å²) in [5.74, 6) is -0.773. The number of hydrogen-bond acceptors (Lipinski definition) is 2. The maximum atomic E-state index is 10.4. The van der Waals surface area contributed by atoms with Gasteiger partial charge in [0.2, 0.25) is 0 Å². The van der Waals surface area contributed by atoms with Crippen molar-refractivity contribution in [3.63, 3.8) is 0 Å². The SMILES string of the molecule is BC(/C=C(\B)CC/C=C\CC)=C(B)/C=C(\B)[C@@H](O)C/C=C\C/C=C\CCC(=O)O. The van der Waals surface area contributed by atoms with E-state index >= 15 is 0 Å². The van der Waals surface area contributed by atoms with Crippen LogP contribution < -0.4 is 0 Å². The molecule has 3 nitrogen and oxygen atoms in total. The molecule has 29 heavy (non-hydrogen) atoms. The molecule has 0 heterocycles. The van der Waals surface area contributed by atoms with Crippen molar-refractivity contribution < 1.29 is 15.0 Å². The van der Waals surface area contributed by atoms with E-state index in [1.807, 2.05) is 32.2 Å². The van der Waals surface area contributed by atoms with E-state index in [9.17, 15) is 9.90 Å². The summed E-state index contributed by atoms with van der Waals surface area (Å²) < 4.78 is 0. The zero-order chi connectivity index (χ0) is 22.1. The molecule has 0 amide bonds. The van der Waals surface area contributed by atoms with Gasteiger partial charge in [-0.3, -0.25) is 4.79 Å². The first kappa shape index (κ1) is 27.1. The summed E-state index contributed by atoms with van der Waals surface area (Å²) in [7, 11) is 8.34. The molecule has 2 N–H and O–H groups in total. The van der Waals surface area contributed by atoms with Crippen molar-refractivity contribution in [3.8, 4) is 0 Å². The Bertz CT molecular complexity index is 674. The van der Waals surface area contributed by atoms with Crippen LogP contribution >= 0.6 is 0 Å². The van der Waals surface area contributed by atoms with Crippen LogP contribution in [0.25, 0.3) is 0 Å². The summed E-state index contributed by atoms with van der Waals surface area (Å²) >= 11 is 0. The Morgan fingerprint density at radius 2 is 1.45 bits per heavy atom. The van der Waals surface area contributed by atoms with Gasteiger partial charge < -0.3 is 10.2 Å². The lowest BCUT2D eigenvalue weighted by molar-refractivity contribution is -0.136. The van der Waals surface area contributed by atoms with Crippen LogP contribution in [0.1, 0.15) is 51.9 Å². The molecule has 1 atom stereocenters. The summed E-state index contributed by atoms with van der Waals surface area (Å²) in [6.07, 6.45) is 21.4. The van der Waals surface area contributed by atoms with Crippen molar-refractivity contribution in [1.82, 2.24) is 0 Å². The second-order valence-electron chi connectivity index (χ2n) is 7.53. The van der Waals surface area contributed by atoms with Gasteiger partial charge in [-0.15, -0.1) is 5.47 Å². The summed E-state index contributed by atoms with van der Waals surface area (Å²) in [5.41, 5.74) is 4.74. The van der Waals surface area contributed by atoms with Crippen LogP contribution in [0.4, 0.5) is 0 Å². The third-order valence-corrected chi connectivity index (χ3v) is 4.65. The number of rotatable bonds is 14. The molecule has 0 fully saturated rings. The molecule has 0 aliphatic rings. The topological polar surface area (TPSA) is 57.5 Å². The lowest BCUT2D eigenvalue weighted by atomic mass is 9.74. The first-order valence-electron chi connectivity index (χ1n) is 10.7. The van der Waals surface area contributed by atoms with Gasteiger partial charge in [-0.2, -0.15) is 0 Å². The Morgan fingerprint density at radius 3 is 2.10 bits per heavy atom. The maximum Gasteiger partial charge on any atom is 0.303 e. The molecule has 0 spiro atoms. The quantitative estimate of drug-likeness (QED) is 0.267. The third kappa shape index (κ3) is 15.7. The molecule has 0 aromatic heterocycles. The van der Waals surface area contributed by atoms with Gasteiger partial charge in [0.05, 0.1) is 6.10 Å². The molecule has 0 bridgehead atoms. The molecule has 0 aromatic carbocycles. The fourth-order valence-electron chi connectivity index (χ4n) is 2.71. The molecule has 0 radical (unpaired) electrons. The fraction of sp³-hybridized carbons (Fsp3) is 0.409. The van der Waals surface area contributed by atoms with Gasteiger partial charge in [-0.1, -0.05) is 71.9 Å². The lowest BCUT2D eigenvalue weighted by Gasteiger charge is -2.10. The number of aliphatic hydroxyl groups is 1. The predicted octanol–water partition coefficient (Wildman–Crippen LogP) is 1.36. The number of allylic oxidation sites excluding steroid dienone is 10. The molecular weight excluding hydrogens is 355 g/mol. The minimum atomic E-state index is -0.773. The van der Waals surface area contributed by atoms with Gasteiger partial charge in [0.15, 0.2) is 0 Å². The van der Waals surface area contributed by atoms with E-state index in [1.165, 1.54) is 16.4 Å². The van der Waals surface area contributed by atoms with Crippen molar-refractivity contribution in [1.29, 1.82) is 0 Å². The Hall–Kier alpha value is -1.87. The van der Waals surface area contributed by atoms with Crippen molar-refractivity contribution in [2.75, 3.05) is 0 Å². The van der Waals surface area contributed by atoms with E-state index in [-0.39, 0.29) is 6.42 Å². The lowest BCUT2D eigenvalue weighted by Crippen LogP contribution is -2.09. The highest BCUT2D eigenvalue weighted by molar-refractivity contribution is 6.35. The van der Waals surface area contributed by atoms with Crippen LogP contribution in [-0.4, -0.2) is 53.7 Å². The average Bonchev–Trinajstić information content (AvgIpc) is 2.66. The van der Waals surface area contributed by atoms with Gasteiger partial charge in [0.1, 0.15) is 31.4 Å². The standard InChI is InChI=1S/C22H36B4O3/c1-2-3-4-9-12-17(23)15-18(24)19(25)16-20(26)21(27)13-10-7-5-6-8-11-14-22(28)29/h3-4,6-8,10,15-16,21,27H,2,5,9,11-14,23-26H2,1H3,(H,28,29)/b4-3-,8-6-,10-7-,17-15-,19-18-,20-16-/t21-/m0/s1. The Morgan fingerprint density at radius 1 is 0.862 bits per heavy atom. The van der Waals surface area contributed by atoms with E-state index < -0.39 is 12.1 Å². The van der Waals surface area contributed by atoms with Crippen LogP contribution in [-0.2, 0) is 4.79 Å². The summed E-state index contributed by atoms with van der Waals surface area (Å²) in [5, 5.41) is 18.9. The van der Waals surface area contributed by atoms with Crippen molar-refractivity contribution in [3.05, 3.63) is 70.5 Å². The van der Waals surface area contributed by atoms with Crippen LogP contribution in [0.5, 0.6) is 0 Å². The monoisotopic (exact) mass is 392 g/mol. The second-order valence-corrected chi connectivity index (χ2v) is 7.53. The van der Waals surface area contributed by atoms with Gasteiger partial charge >= 0.3 is 5.97 Å². The first-order valence-corrected chi connectivity index (χ1v) is 10.7. The molecule has 0 saturated carbocycles. The minimum Gasteiger partial charge on any atom is -0.481 e. The number of carboxylic acids is 1. The van der Waals surface area contributed by atoms with E-state index in [0.29, 0.717) is 12.8 Å². The highest BCUT2D eigenvalue weighted by Gasteiger charge is 2.04. The largest absolute Gasteiger partial charge is 0.481 e. The minimum absolute atomic E-state index is 0.166. The summed E-state index contributed by atoms with van der Waals surface area (Å²) in [6, 6.07) is 0. The van der Waals surface area contributed by atoms with Crippen molar-refractivity contribution >= 4 is 37.4 Å². The molecule has 0 unspecified atom stereocenters. The second kappa shape index (κ2) is 17.0. The highest BCUT2D eigenvalue weighted by Crippen LogP contribution is 2.12. The van der Waals surface area contributed by atoms with Gasteiger partial charge in [-0.05, 0) is 38.5 Å². The zero-order valence-corrected chi connectivity index (χ0v) is 18.9. The number of aliphatic carboxylic acids is 1. The molecule has 0 aliphatic carbocycles. The molecular formula is C22H36B4O3. The van der Waals surface area contributed by atoms with E-state index in [2.05, 4.69) is 54.8 Å². The number of carboxylic acid groups (broad SMARTS) is 1. The third-order valence-electron chi connectivity index (χ3n) is 4.65. The normalized spacial score (nSPS) is 15.4. The summed E-state index contributed by atoms with van der Waals surface area (Å²) in [6.45, 7) is 2.15. The Kier molecular flexibility index (Phi) is 15.9. The van der Waals surface area contributed by atoms with Crippen LogP contribution in [0.3, 0.4) is 0 Å². The maximum absolute atomic E-state index is 10.4. The average molecular weight is 392 g/mol. The molecule has 0 aromatic rings. The number of hydrogen-bond donors (Lipinski definition) is 2. The number of carbonyl (C=O) groups is 1. The molecule has 0 rings (SSSR count). The molecule has 0 saturated heterocycles. The van der Waals surface area contributed by atoms with Crippen LogP contribution in [0.15, 0.2) is 70.5 Å². The van der Waals surface area contributed by atoms with Crippen LogP contribution in [0, 0.1) is 0 Å². The molecule has 154 valence electrons. The van der Waals surface area contributed by atoms with Crippen LogP contribution in [0.2, 0.25) is 0 Å². The predicted molar refractivity (Wildman–Crippen MR) is 136 cm³/mol. The van der Waals surface area contributed by atoms with Crippen molar-refractivity contribution in [2.24, 2.45) is 0 Å². The zero-order valence-electron chi connectivity index (χ0n) is 18.9. The smallest absolute Gasteiger partial charge is 0.303 e. The fourth-order valence-corrected chi connectivity index (χ4v) is 2.71. The van der Waals surface area contributed by atoms with Crippen molar-refractivity contribution in [2.45, 2.75) is 58.0 Å². The molecule has 0 aliphatic heterocycles. The Labute approximate surface area is 181 Å². The van der Waals surface area contributed by atoms with E-state index in [4.69, 9.17) is 5.11 Å². The highest BCUT2D eigenvalue weighted by atomic mass is 16.4. The van der Waals surface area contributed by atoms with E-state index in [1.54, 1.807) is 0 Å². The van der Waals surface area contributed by atoms with Gasteiger partial charge in [0, 0.05) is 6.42 Å².